The smallest absolute Gasteiger partial charge is 0.251 e. The van der Waals surface area contributed by atoms with Gasteiger partial charge in [0.05, 0.1) is 0 Å². The fourth-order valence-corrected chi connectivity index (χ4v) is 5.01. The molecule has 148 valence electrons. The molecule has 0 aromatic heterocycles. The number of fused-ring (bicyclic) bond motifs is 3. The topological polar surface area (TPSA) is 84.2 Å². The van der Waals surface area contributed by atoms with Gasteiger partial charge in [0, 0.05) is 30.6 Å². The van der Waals surface area contributed by atoms with Crippen molar-refractivity contribution in [3.05, 3.63) is 48.0 Å². The van der Waals surface area contributed by atoms with Gasteiger partial charge in [-0.2, -0.15) is 0 Å². The highest BCUT2D eigenvalue weighted by Crippen LogP contribution is 2.39. The second kappa shape index (κ2) is 8.31. The van der Waals surface area contributed by atoms with Crippen LogP contribution < -0.4 is 16.4 Å². The van der Waals surface area contributed by atoms with Gasteiger partial charge in [-0.15, -0.1) is 0 Å². The zero-order valence-electron chi connectivity index (χ0n) is 16.2. The highest BCUT2D eigenvalue weighted by atomic mass is 16.2. The van der Waals surface area contributed by atoms with Gasteiger partial charge in [0.15, 0.2) is 0 Å². The normalized spacial score (nSPS) is 26.6. The lowest BCUT2D eigenvalue weighted by Crippen LogP contribution is -2.54. The number of carbonyl (C=O) groups is 2. The lowest BCUT2D eigenvalue weighted by molar-refractivity contribution is -0.123. The molecule has 2 unspecified atom stereocenters. The largest absolute Gasteiger partial charge is 0.353 e. The van der Waals surface area contributed by atoms with Gasteiger partial charge in [-0.1, -0.05) is 36.8 Å². The molecule has 0 radical (unpaired) electrons. The second-order valence-corrected chi connectivity index (χ2v) is 8.34. The maximum atomic E-state index is 12.4. The van der Waals surface area contributed by atoms with Crippen molar-refractivity contribution >= 4 is 22.6 Å². The average molecular weight is 380 g/mol. The van der Waals surface area contributed by atoms with Crippen LogP contribution in [0.15, 0.2) is 42.5 Å². The molecule has 2 atom stereocenters. The second-order valence-electron chi connectivity index (χ2n) is 8.34. The quantitative estimate of drug-likeness (QED) is 0.747. The minimum atomic E-state index is -0.140. The summed E-state index contributed by atoms with van der Waals surface area (Å²) in [4.78, 5) is 24.8. The third-order valence-electron chi connectivity index (χ3n) is 6.35. The summed E-state index contributed by atoms with van der Waals surface area (Å²) < 4.78 is 0. The first-order chi connectivity index (χ1) is 13.6. The van der Waals surface area contributed by atoms with Crippen LogP contribution in [0.5, 0.6) is 0 Å². The van der Waals surface area contributed by atoms with Crippen molar-refractivity contribution in [1.29, 1.82) is 0 Å². The average Bonchev–Trinajstić information content (AvgIpc) is 2.68. The Bertz CT molecular complexity index is 852. The molecule has 5 nitrogen and oxygen atoms in total. The van der Waals surface area contributed by atoms with Crippen molar-refractivity contribution < 1.29 is 9.59 Å². The van der Waals surface area contributed by atoms with E-state index in [1.54, 1.807) is 0 Å². The molecule has 4 rings (SSSR count). The van der Waals surface area contributed by atoms with E-state index in [0.717, 1.165) is 36.5 Å². The lowest BCUT2D eigenvalue weighted by Gasteiger charge is -2.45. The van der Waals surface area contributed by atoms with Gasteiger partial charge >= 0.3 is 0 Å². The molecule has 2 aromatic rings. The Hall–Kier alpha value is -2.40. The SMILES string of the molecule is NC1CC2CCCC(C1)C2NC(=O)CCNC(=O)c1ccc2ccccc2c1. The van der Waals surface area contributed by atoms with E-state index < -0.39 is 0 Å². The van der Waals surface area contributed by atoms with E-state index in [2.05, 4.69) is 10.6 Å². The van der Waals surface area contributed by atoms with E-state index in [-0.39, 0.29) is 23.9 Å². The molecule has 2 aromatic carbocycles. The molecule has 28 heavy (non-hydrogen) atoms. The Labute approximate surface area is 166 Å². The summed E-state index contributed by atoms with van der Waals surface area (Å²) >= 11 is 0. The van der Waals surface area contributed by atoms with Crippen LogP contribution in [-0.4, -0.2) is 30.4 Å². The number of nitrogens with two attached hydrogens (primary N) is 1. The highest BCUT2D eigenvalue weighted by molar-refractivity contribution is 5.98. The zero-order valence-corrected chi connectivity index (χ0v) is 16.2. The standard InChI is InChI=1S/C23H29N3O2/c24-20-13-17-6-3-7-18(14-20)22(17)26-21(27)10-11-25-23(28)19-9-8-15-4-1-2-5-16(15)12-19/h1-2,4-5,8-9,12,17-18,20,22H,3,6-7,10-11,13-14,24H2,(H,25,28)(H,26,27). The van der Waals surface area contributed by atoms with Gasteiger partial charge in [-0.3, -0.25) is 9.59 Å². The molecule has 2 fully saturated rings. The summed E-state index contributed by atoms with van der Waals surface area (Å²) in [7, 11) is 0. The minimum Gasteiger partial charge on any atom is -0.353 e. The first-order valence-corrected chi connectivity index (χ1v) is 10.4. The maximum Gasteiger partial charge on any atom is 0.251 e. The molecule has 0 heterocycles. The molecule has 5 heteroatoms. The van der Waals surface area contributed by atoms with Crippen LogP contribution in [0.1, 0.15) is 48.9 Å². The summed E-state index contributed by atoms with van der Waals surface area (Å²) in [6, 6.07) is 14.2. The number of hydrogen-bond donors (Lipinski definition) is 3. The van der Waals surface area contributed by atoms with Crippen LogP contribution in [-0.2, 0) is 4.79 Å². The first kappa shape index (κ1) is 18.9. The number of amides is 2. The van der Waals surface area contributed by atoms with Crippen LogP contribution in [0.4, 0.5) is 0 Å². The number of hydrogen-bond acceptors (Lipinski definition) is 3. The monoisotopic (exact) mass is 379 g/mol. The van der Waals surface area contributed by atoms with Gasteiger partial charge in [0.1, 0.15) is 0 Å². The van der Waals surface area contributed by atoms with Crippen LogP contribution in [0, 0.1) is 11.8 Å². The molecule has 2 amide bonds. The molecule has 2 aliphatic rings. The molecule has 2 bridgehead atoms. The molecule has 0 spiro atoms. The predicted molar refractivity (Wildman–Crippen MR) is 111 cm³/mol. The van der Waals surface area contributed by atoms with Gasteiger partial charge in [-0.25, -0.2) is 0 Å². The predicted octanol–water partition coefficient (Wildman–Crippen LogP) is 2.98. The van der Waals surface area contributed by atoms with Crippen molar-refractivity contribution in [1.82, 2.24) is 10.6 Å². The Morgan fingerprint density at radius 2 is 1.71 bits per heavy atom. The first-order valence-electron chi connectivity index (χ1n) is 10.4. The van der Waals surface area contributed by atoms with Gasteiger partial charge in [-0.05, 0) is 60.4 Å². The fraction of sp³-hybridized carbons (Fsp3) is 0.478. The van der Waals surface area contributed by atoms with E-state index in [0.29, 0.717) is 30.4 Å². The molecule has 2 aliphatic carbocycles. The molecule has 0 aliphatic heterocycles. The third kappa shape index (κ3) is 4.20. The Morgan fingerprint density at radius 3 is 2.46 bits per heavy atom. The van der Waals surface area contributed by atoms with Crippen LogP contribution in [0.25, 0.3) is 10.8 Å². The van der Waals surface area contributed by atoms with Crippen molar-refractivity contribution in [2.24, 2.45) is 17.6 Å². The number of rotatable bonds is 5. The molecule has 0 saturated heterocycles. The summed E-state index contributed by atoms with van der Waals surface area (Å²) in [6.45, 7) is 0.346. The Morgan fingerprint density at radius 1 is 1.00 bits per heavy atom. The maximum absolute atomic E-state index is 12.4. The van der Waals surface area contributed by atoms with Crippen molar-refractivity contribution in [2.75, 3.05) is 6.54 Å². The molecule has 4 N–H and O–H groups in total. The number of benzene rings is 2. The minimum absolute atomic E-state index is 0.0242. The van der Waals surface area contributed by atoms with Crippen molar-refractivity contribution in [3.8, 4) is 0 Å². The Balaban J connectivity index is 1.27. The fourth-order valence-electron chi connectivity index (χ4n) is 5.01. The van der Waals surface area contributed by atoms with Gasteiger partial charge in [0.2, 0.25) is 5.91 Å². The van der Waals surface area contributed by atoms with E-state index >= 15 is 0 Å². The summed E-state index contributed by atoms with van der Waals surface area (Å²) in [5, 5.41) is 8.25. The zero-order chi connectivity index (χ0) is 19.5. The lowest BCUT2D eigenvalue weighted by atomic mass is 9.67. The number of carbonyl (C=O) groups excluding carboxylic acids is 2. The molecular weight excluding hydrogens is 350 g/mol. The van der Waals surface area contributed by atoms with Gasteiger partial charge < -0.3 is 16.4 Å². The van der Waals surface area contributed by atoms with Crippen molar-refractivity contribution in [3.63, 3.8) is 0 Å². The third-order valence-corrected chi connectivity index (χ3v) is 6.35. The van der Waals surface area contributed by atoms with E-state index in [1.165, 1.54) is 6.42 Å². The summed E-state index contributed by atoms with van der Waals surface area (Å²) in [5.41, 5.74) is 6.78. The van der Waals surface area contributed by atoms with Crippen LogP contribution in [0.3, 0.4) is 0 Å². The number of nitrogens with one attached hydrogen (secondary N) is 2. The van der Waals surface area contributed by atoms with Crippen molar-refractivity contribution in [2.45, 2.75) is 50.6 Å². The van der Waals surface area contributed by atoms with E-state index in [4.69, 9.17) is 5.73 Å². The Kier molecular flexibility index (Phi) is 5.62. The molecular formula is C23H29N3O2. The van der Waals surface area contributed by atoms with Crippen LogP contribution in [0.2, 0.25) is 0 Å². The summed E-state index contributed by atoms with van der Waals surface area (Å²) in [6.07, 6.45) is 5.90. The highest BCUT2D eigenvalue weighted by Gasteiger charge is 2.39. The van der Waals surface area contributed by atoms with Crippen LogP contribution >= 0.6 is 0 Å². The molecule has 2 saturated carbocycles. The summed E-state index contributed by atoms with van der Waals surface area (Å²) in [5.74, 6) is 0.910. The van der Waals surface area contributed by atoms with E-state index in [9.17, 15) is 9.59 Å². The van der Waals surface area contributed by atoms with E-state index in [1.807, 2.05) is 42.5 Å². The van der Waals surface area contributed by atoms with Gasteiger partial charge in [0.25, 0.3) is 5.91 Å².